The second-order valence-corrected chi connectivity index (χ2v) is 4.81. The summed E-state index contributed by atoms with van der Waals surface area (Å²) in [5.74, 6) is 0. The number of hydrogen-bond donors (Lipinski definition) is 1. The molecule has 1 atom stereocenters. The van der Waals surface area contributed by atoms with E-state index in [1.807, 2.05) is 0 Å². The SMILES string of the molecule is CCNCc1ccccc1N1CCCC1CC. The number of rotatable bonds is 5. The van der Waals surface area contributed by atoms with Crippen LogP contribution in [0.25, 0.3) is 0 Å². The van der Waals surface area contributed by atoms with E-state index in [0.29, 0.717) is 0 Å². The standard InChI is InChI=1S/C15H24N2/c1-3-14-9-7-11-17(14)15-10-6-5-8-13(15)12-16-4-2/h5-6,8,10,14,16H,3-4,7,9,11-12H2,1-2H3. The molecular formula is C15H24N2. The molecule has 1 N–H and O–H groups in total. The molecule has 0 bridgehead atoms. The van der Waals surface area contributed by atoms with Crippen LogP contribution in [0.2, 0.25) is 0 Å². The molecule has 1 unspecified atom stereocenters. The molecule has 0 radical (unpaired) electrons. The lowest BCUT2D eigenvalue weighted by molar-refractivity contribution is 0.640. The zero-order valence-electron chi connectivity index (χ0n) is 11.1. The summed E-state index contributed by atoms with van der Waals surface area (Å²) in [5.41, 5.74) is 2.88. The lowest BCUT2D eigenvalue weighted by Crippen LogP contribution is -2.30. The Morgan fingerprint density at radius 3 is 2.88 bits per heavy atom. The molecule has 0 amide bonds. The zero-order valence-corrected chi connectivity index (χ0v) is 11.1. The van der Waals surface area contributed by atoms with Crippen LogP contribution in [0.1, 0.15) is 38.7 Å². The average molecular weight is 232 g/mol. The first-order chi connectivity index (χ1) is 8.36. The molecule has 1 aromatic carbocycles. The van der Waals surface area contributed by atoms with Crippen LogP contribution in [0.15, 0.2) is 24.3 Å². The normalized spacial score (nSPS) is 19.9. The molecule has 2 rings (SSSR count). The number of para-hydroxylation sites is 1. The van der Waals surface area contributed by atoms with Gasteiger partial charge in [-0.1, -0.05) is 32.0 Å². The smallest absolute Gasteiger partial charge is 0.0414 e. The first kappa shape index (κ1) is 12.4. The third-order valence-electron chi connectivity index (χ3n) is 3.71. The van der Waals surface area contributed by atoms with Crippen molar-refractivity contribution in [2.75, 3.05) is 18.0 Å². The highest BCUT2D eigenvalue weighted by molar-refractivity contribution is 5.55. The lowest BCUT2D eigenvalue weighted by atomic mass is 10.1. The Labute approximate surface area is 105 Å². The molecule has 0 aliphatic carbocycles. The molecule has 1 heterocycles. The Balaban J connectivity index is 2.18. The lowest BCUT2D eigenvalue weighted by Gasteiger charge is -2.28. The molecule has 0 aromatic heterocycles. The third kappa shape index (κ3) is 2.81. The van der Waals surface area contributed by atoms with Crippen molar-refractivity contribution >= 4 is 5.69 Å². The van der Waals surface area contributed by atoms with E-state index in [2.05, 4.69) is 48.3 Å². The summed E-state index contributed by atoms with van der Waals surface area (Å²) in [6.07, 6.45) is 3.95. The van der Waals surface area contributed by atoms with Crippen LogP contribution in [0, 0.1) is 0 Å². The van der Waals surface area contributed by atoms with E-state index >= 15 is 0 Å². The van der Waals surface area contributed by atoms with Gasteiger partial charge in [-0.05, 0) is 37.4 Å². The van der Waals surface area contributed by atoms with Gasteiger partial charge in [0.2, 0.25) is 0 Å². The molecule has 1 saturated heterocycles. The minimum atomic E-state index is 0.748. The van der Waals surface area contributed by atoms with Gasteiger partial charge < -0.3 is 10.2 Å². The maximum absolute atomic E-state index is 3.43. The highest BCUT2D eigenvalue weighted by atomic mass is 15.2. The number of anilines is 1. The van der Waals surface area contributed by atoms with E-state index in [1.165, 1.54) is 37.1 Å². The predicted octanol–water partition coefficient (Wildman–Crippen LogP) is 3.17. The van der Waals surface area contributed by atoms with Crippen molar-refractivity contribution < 1.29 is 0 Å². The Morgan fingerprint density at radius 2 is 2.12 bits per heavy atom. The van der Waals surface area contributed by atoms with Crippen molar-refractivity contribution in [2.45, 2.75) is 45.7 Å². The Kier molecular flexibility index (Phi) is 4.43. The van der Waals surface area contributed by atoms with E-state index in [0.717, 1.165) is 19.1 Å². The maximum atomic E-state index is 3.43. The molecule has 1 aliphatic heterocycles. The van der Waals surface area contributed by atoms with Crippen molar-refractivity contribution in [3.05, 3.63) is 29.8 Å². The van der Waals surface area contributed by atoms with Crippen molar-refractivity contribution in [3.8, 4) is 0 Å². The highest BCUT2D eigenvalue weighted by Gasteiger charge is 2.24. The van der Waals surface area contributed by atoms with Crippen LogP contribution in [-0.4, -0.2) is 19.1 Å². The van der Waals surface area contributed by atoms with Crippen molar-refractivity contribution in [1.82, 2.24) is 5.32 Å². The van der Waals surface area contributed by atoms with Crippen LogP contribution in [-0.2, 0) is 6.54 Å². The van der Waals surface area contributed by atoms with E-state index in [-0.39, 0.29) is 0 Å². The van der Waals surface area contributed by atoms with Crippen LogP contribution < -0.4 is 10.2 Å². The zero-order chi connectivity index (χ0) is 12.1. The van der Waals surface area contributed by atoms with Gasteiger partial charge in [-0.2, -0.15) is 0 Å². The summed E-state index contributed by atoms with van der Waals surface area (Å²) in [7, 11) is 0. The average Bonchev–Trinajstić information content (AvgIpc) is 2.84. The molecule has 2 nitrogen and oxygen atoms in total. The van der Waals surface area contributed by atoms with Crippen molar-refractivity contribution in [3.63, 3.8) is 0 Å². The predicted molar refractivity (Wildman–Crippen MR) is 74.5 cm³/mol. The Hall–Kier alpha value is -1.02. The minimum Gasteiger partial charge on any atom is -0.368 e. The summed E-state index contributed by atoms with van der Waals surface area (Å²) in [5, 5.41) is 3.43. The van der Waals surface area contributed by atoms with Gasteiger partial charge in [0.1, 0.15) is 0 Å². The molecule has 0 spiro atoms. The largest absolute Gasteiger partial charge is 0.368 e. The van der Waals surface area contributed by atoms with Crippen molar-refractivity contribution in [2.24, 2.45) is 0 Å². The number of nitrogens with one attached hydrogen (secondary N) is 1. The fourth-order valence-corrected chi connectivity index (χ4v) is 2.78. The molecule has 94 valence electrons. The minimum absolute atomic E-state index is 0.748. The molecule has 1 aromatic rings. The van der Waals surface area contributed by atoms with E-state index in [4.69, 9.17) is 0 Å². The summed E-state index contributed by atoms with van der Waals surface area (Å²) in [4.78, 5) is 2.60. The molecule has 17 heavy (non-hydrogen) atoms. The van der Waals surface area contributed by atoms with Crippen LogP contribution in [0.5, 0.6) is 0 Å². The van der Waals surface area contributed by atoms with Gasteiger partial charge >= 0.3 is 0 Å². The number of benzene rings is 1. The molecule has 1 fully saturated rings. The fraction of sp³-hybridized carbons (Fsp3) is 0.600. The third-order valence-corrected chi connectivity index (χ3v) is 3.71. The van der Waals surface area contributed by atoms with Crippen LogP contribution in [0.4, 0.5) is 5.69 Å². The summed E-state index contributed by atoms with van der Waals surface area (Å²) < 4.78 is 0. The number of nitrogens with zero attached hydrogens (tertiary/aromatic N) is 1. The van der Waals surface area contributed by atoms with E-state index < -0.39 is 0 Å². The molecular weight excluding hydrogens is 208 g/mol. The highest BCUT2D eigenvalue weighted by Crippen LogP contribution is 2.29. The Bertz CT molecular complexity index is 349. The van der Waals surface area contributed by atoms with Gasteiger partial charge in [0, 0.05) is 24.8 Å². The fourth-order valence-electron chi connectivity index (χ4n) is 2.78. The second kappa shape index (κ2) is 6.06. The van der Waals surface area contributed by atoms with Crippen LogP contribution in [0.3, 0.4) is 0 Å². The summed E-state index contributed by atoms with van der Waals surface area (Å²) >= 11 is 0. The van der Waals surface area contributed by atoms with Gasteiger partial charge in [0.05, 0.1) is 0 Å². The number of hydrogen-bond acceptors (Lipinski definition) is 2. The molecule has 1 aliphatic rings. The van der Waals surface area contributed by atoms with Crippen LogP contribution >= 0.6 is 0 Å². The summed E-state index contributed by atoms with van der Waals surface area (Å²) in [6, 6.07) is 9.59. The monoisotopic (exact) mass is 232 g/mol. The molecule has 2 heteroatoms. The molecule has 0 saturated carbocycles. The Morgan fingerprint density at radius 1 is 1.29 bits per heavy atom. The van der Waals surface area contributed by atoms with Crippen molar-refractivity contribution in [1.29, 1.82) is 0 Å². The van der Waals surface area contributed by atoms with E-state index in [1.54, 1.807) is 0 Å². The topological polar surface area (TPSA) is 15.3 Å². The quantitative estimate of drug-likeness (QED) is 0.839. The first-order valence-electron chi connectivity index (χ1n) is 6.92. The van der Waals surface area contributed by atoms with Gasteiger partial charge in [-0.3, -0.25) is 0 Å². The van der Waals surface area contributed by atoms with E-state index in [9.17, 15) is 0 Å². The maximum Gasteiger partial charge on any atom is 0.0414 e. The first-order valence-corrected chi connectivity index (χ1v) is 6.92. The second-order valence-electron chi connectivity index (χ2n) is 4.81. The van der Waals surface area contributed by atoms with Gasteiger partial charge in [-0.25, -0.2) is 0 Å². The van der Waals surface area contributed by atoms with Gasteiger partial charge in [-0.15, -0.1) is 0 Å². The van der Waals surface area contributed by atoms with Gasteiger partial charge in [0.15, 0.2) is 0 Å². The summed E-state index contributed by atoms with van der Waals surface area (Å²) in [6.45, 7) is 7.70. The van der Waals surface area contributed by atoms with Gasteiger partial charge in [0.25, 0.3) is 0 Å².